The van der Waals surface area contributed by atoms with Crippen molar-refractivity contribution in [3.63, 3.8) is 0 Å². The van der Waals surface area contributed by atoms with Gasteiger partial charge in [-0.05, 0) is 13.0 Å². The number of hydrogen-bond donors (Lipinski definition) is 0. The number of carbonyl (C=O) groups is 2. The Kier molecular flexibility index (Phi) is 4.67. The van der Waals surface area contributed by atoms with Crippen molar-refractivity contribution in [1.82, 2.24) is 29.4 Å². The number of hydrazine groups is 1. The average Bonchev–Trinajstić information content (AvgIpc) is 3.20. The van der Waals surface area contributed by atoms with E-state index in [0.717, 1.165) is 0 Å². The van der Waals surface area contributed by atoms with Crippen LogP contribution in [0.4, 0.5) is 5.69 Å². The highest BCUT2D eigenvalue weighted by atomic mass is 16.5. The molecule has 0 N–H and O–H groups in total. The van der Waals surface area contributed by atoms with Crippen molar-refractivity contribution in [2.75, 3.05) is 25.7 Å². The summed E-state index contributed by atoms with van der Waals surface area (Å²) in [6.07, 6.45) is 4.47. The molecule has 0 saturated carbocycles. The number of aryl methyl sites for hydroxylation is 1. The lowest BCUT2D eigenvalue weighted by Gasteiger charge is -2.29. The Labute approximate surface area is 149 Å². The van der Waals surface area contributed by atoms with E-state index in [9.17, 15) is 9.59 Å². The zero-order valence-electron chi connectivity index (χ0n) is 14.9. The second-order valence-electron chi connectivity index (χ2n) is 5.66. The standard InChI is InChI=1S/C16H19N7O3/c1-5-26-16(25)12-9-18-21(4)14(12)15(24)23(20(2)3)11-6-7-22-13(8-11)17-10-19-22/h6-10H,5H2,1-4H3. The maximum Gasteiger partial charge on any atom is 0.342 e. The summed E-state index contributed by atoms with van der Waals surface area (Å²) in [4.78, 5) is 29.6. The molecule has 3 rings (SSSR count). The predicted molar refractivity (Wildman–Crippen MR) is 92.6 cm³/mol. The van der Waals surface area contributed by atoms with E-state index in [4.69, 9.17) is 4.74 Å². The molecule has 10 nitrogen and oxygen atoms in total. The van der Waals surface area contributed by atoms with Gasteiger partial charge >= 0.3 is 5.97 Å². The number of nitrogens with zero attached hydrogens (tertiary/aromatic N) is 7. The summed E-state index contributed by atoms with van der Waals surface area (Å²) < 4.78 is 7.98. The number of ether oxygens (including phenoxy) is 1. The minimum Gasteiger partial charge on any atom is -0.462 e. The van der Waals surface area contributed by atoms with Crippen LogP contribution in [0.1, 0.15) is 27.8 Å². The molecule has 0 unspecified atom stereocenters. The largest absolute Gasteiger partial charge is 0.462 e. The minimum absolute atomic E-state index is 0.120. The predicted octanol–water partition coefficient (Wildman–Crippen LogP) is 0.763. The molecule has 0 aliphatic heterocycles. The summed E-state index contributed by atoms with van der Waals surface area (Å²) in [6, 6.07) is 3.46. The highest BCUT2D eigenvalue weighted by Crippen LogP contribution is 2.21. The molecule has 10 heteroatoms. The van der Waals surface area contributed by atoms with Crippen molar-refractivity contribution in [2.45, 2.75) is 6.92 Å². The molecule has 136 valence electrons. The van der Waals surface area contributed by atoms with E-state index in [1.54, 1.807) is 55.9 Å². The summed E-state index contributed by atoms with van der Waals surface area (Å²) in [7, 11) is 5.06. The first-order valence-corrected chi connectivity index (χ1v) is 7.94. The van der Waals surface area contributed by atoms with Crippen LogP contribution >= 0.6 is 0 Å². The second-order valence-corrected chi connectivity index (χ2v) is 5.66. The van der Waals surface area contributed by atoms with Crippen molar-refractivity contribution in [2.24, 2.45) is 7.05 Å². The van der Waals surface area contributed by atoms with E-state index in [1.165, 1.54) is 22.2 Å². The molecule has 3 aromatic heterocycles. The number of anilines is 1. The van der Waals surface area contributed by atoms with Crippen molar-refractivity contribution in [1.29, 1.82) is 0 Å². The number of amides is 1. The number of fused-ring (bicyclic) bond motifs is 1. The maximum atomic E-state index is 13.2. The fraction of sp³-hybridized carbons (Fsp3) is 0.312. The average molecular weight is 357 g/mol. The van der Waals surface area contributed by atoms with Crippen LogP contribution in [0.2, 0.25) is 0 Å². The Hall–Kier alpha value is -3.27. The van der Waals surface area contributed by atoms with Gasteiger partial charge in [-0.15, -0.1) is 0 Å². The molecular formula is C16H19N7O3. The molecule has 3 aromatic rings. The molecule has 0 saturated heterocycles. The van der Waals surface area contributed by atoms with Crippen LogP contribution in [0.25, 0.3) is 5.65 Å². The van der Waals surface area contributed by atoms with Crippen LogP contribution in [0.15, 0.2) is 30.9 Å². The Morgan fingerprint density at radius 2 is 2.04 bits per heavy atom. The van der Waals surface area contributed by atoms with Gasteiger partial charge in [-0.25, -0.2) is 24.3 Å². The third-order valence-corrected chi connectivity index (χ3v) is 3.74. The molecule has 0 aromatic carbocycles. The van der Waals surface area contributed by atoms with Crippen LogP contribution in [0, 0.1) is 0 Å². The Balaban J connectivity index is 2.05. The normalized spacial score (nSPS) is 11.1. The second kappa shape index (κ2) is 6.92. The molecule has 0 atom stereocenters. The third-order valence-electron chi connectivity index (χ3n) is 3.74. The molecule has 0 spiro atoms. The maximum absolute atomic E-state index is 13.2. The third kappa shape index (κ3) is 3.02. The first-order valence-electron chi connectivity index (χ1n) is 7.94. The molecule has 0 fully saturated rings. The lowest BCUT2D eigenvalue weighted by atomic mass is 10.2. The van der Waals surface area contributed by atoms with E-state index in [1.807, 2.05) is 0 Å². The van der Waals surface area contributed by atoms with Crippen LogP contribution in [-0.4, -0.2) is 62.0 Å². The minimum atomic E-state index is -0.587. The van der Waals surface area contributed by atoms with E-state index in [0.29, 0.717) is 11.3 Å². The topological polar surface area (TPSA) is 97.9 Å². The first kappa shape index (κ1) is 17.5. The van der Waals surface area contributed by atoms with Gasteiger partial charge in [0, 0.05) is 33.4 Å². The van der Waals surface area contributed by atoms with Crippen molar-refractivity contribution in [3.8, 4) is 0 Å². The number of pyridine rings is 1. The van der Waals surface area contributed by atoms with Crippen molar-refractivity contribution >= 4 is 23.2 Å². The van der Waals surface area contributed by atoms with Crippen LogP contribution in [-0.2, 0) is 11.8 Å². The zero-order chi connectivity index (χ0) is 18.8. The van der Waals surface area contributed by atoms with Gasteiger partial charge < -0.3 is 4.74 Å². The van der Waals surface area contributed by atoms with Gasteiger partial charge in [0.1, 0.15) is 17.6 Å². The first-order chi connectivity index (χ1) is 12.4. The lowest BCUT2D eigenvalue weighted by Crippen LogP contribution is -2.43. The quantitative estimate of drug-likeness (QED) is 0.491. The summed E-state index contributed by atoms with van der Waals surface area (Å²) in [6.45, 7) is 1.91. The summed E-state index contributed by atoms with van der Waals surface area (Å²) in [5, 5.41) is 11.1. The highest BCUT2D eigenvalue weighted by Gasteiger charge is 2.29. The number of esters is 1. The molecule has 0 aliphatic carbocycles. The van der Waals surface area contributed by atoms with Crippen LogP contribution in [0.3, 0.4) is 0 Å². The number of hydrogen-bond acceptors (Lipinski definition) is 7. The SMILES string of the molecule is CCOC(=O)c1cnn(C)c1C(=O)N(c1ccn2ncnc2c1)N(C)C. The molecule has 0 radical (unpaired) electrons. The molecule has 3 heterocycles. The van der Waals surface area contributed by atoms with E-state index < -0.39 is 11.9 Å². The summed E-state index contributed by atoms with van der Waals surface area (Å²) >= 11 is 0. The van der Waals surface area contributed by atoms with Crippen LogP contribution in [0.5, 0.6) is 0 Å². The monoisotopic (exact) mass is 357 g/mol. The molecular weight excluding hydrogens is 338 g/mol. The van der Waals surface area contributed by atoms with Gasteiger partial charge in [0.15, 0.2) is 5.65 Å². The molecule has 0 bridgehead atoms. The van der Waals surface area contributed by atoms with E-state index in [2.05, 4.69) is 15.2 Å². The van der Waals surface area contributed by atoms with Gasteiger partial charge in [0.2, 0.25) is 0 Å². The Morgan fingerprint density at radius 3 is 2.73 bits per heavy atom. The fourth-order valence-electron chi connectivity index (χ4n) is 2.62. The molecule has 26 heavy (non-hydrogen) atoms. The van der Waals surface area contributed by atoms with Crippen molar-refractivity contribution < 1.29 is 14.3 Å². The fourth-order valence-corrected chi connectivity index (χ4v) is 2.62. The number of aromatic nitrogens is 5. The van der Waals surface area contributed by atoms with Gasteiger partial charge in [-0.1, -0.05) is 0 Å². The van der Waals surface area contributed by atoms with Gasteiger partial charge in [-0.2, -0.15) is 10.2 Å². The summed E-state index contributed by atoms with van der Waals surface area (Å²) in [5.74, 6) is -1.00. The highest BCUT2D eigenvalue weighted by molar-refractivity contribution is 6.10. The van der Waals surface area contributed by atoms with Gasteiger partial charge in [0.25, 0.3) is 5.91 Å². The number of carbonyl (C=O) groups excluding carboxylic acids is 2. The van der Waals surface area contributed by atoms with Crippen molar-refractivity contribution in [3.05, 3.63) is 42.1 Å². The Morgan fingerprint density at radius 1 is 1.27 bits per heavy atom. The summed E-state index contributed by atoms with van der Waals surface area (Å²) in [5.41, 5.74) is 1.43. The molecule has 0 aliphatic rings. The molecule has 1 amide bonds. The zero-order valence-corrected chi connectivity index (χ0v) is 14.9. The number of rotatable bonds is 5. The smallest absolute Gasteiger partial charge is 0.342 e. The van der Waals surface area contributed by atoms with Gasteiger partial charge in [-0.3, -0.25) is 9.48 Å². The van der Waals surface area contributed by atoms with Gasteiger partial charge in [0.05, 0.1) is 18.5 Å². The van der Waals surface area contributed by atoms with E-state index in [-0.39, 0.29) is 17.9 Å². The Bertz CT molecular complexity index is 960. The lowest BCUT2D eigenvalue weighted by molar-refractivity contribution is 0.0522. The van der Waals surface area contributed by atoms with E-state index >= 15 is 0 Å². The van der Waals surface area contributed by atoms with Crippen LogP contribution < -0.4 is 5.01 Å².